The zero-order chi connectivity index (χ0) is 25.7. The van der Waals surface area contributed by atoms with Crippen molar-refractivity contribution in [2.45, 2.75) is 45.3 Å². The fraction of sp³-hybridized carbons (Fsp3) is 0.519. The van der Waals surface area contributed by atoms with Gasteiger partial charge >= 0.3 is 0 Å². The smallest absolute Gasteiger partial charge is 0.227 e. The second kappa shape index (κ2) is 9.54. The normalized spacial score (nSPS) is 29.7. The van der Waals surface area contributed by atoms with E-state index in [2.05, 4.69) is 4.90 Å². The molecule has 2 aliphatic heterocycles. The Balaban J connectivity index is 1.60. The zero-order valence-electron chi connectivity index (χ0n) is 20.4. The maximum atomic E-state index is 14.7. The highest BCUT2D eigenvalue weighted by atomic mass is 19.2. The molecule has 5 atom stereocenters. The van der Waals surface area contributed by atoms with E-state index >= 15 is 0 Å². The first-order valence-electron chi connectivity index (χ1n) is 12.1. The van der Waals surface area contributed by atoms with Crippen LogP contribution in [0.4, 0.5) is 17.6 Å². The number of aliphatic hydroxyl groups is 1. The lowest BCUT2D eigenvalue weighted by atomic mass is 9.70. The number of amides is 1. The minimum absolute atomic E-state index is 0.145. The third kappa shape index (κ3) is 4.58. The maximum absolute atomic E-state index is 14.7. The molecular formula is C27H32F4N2O2. The summed E-state index contributed by atoms with van der Waals surface area (Å²) < 4.78 is 55.7. The molecule has 2 aromatic rings. The van der Waals surface area contributed by atoms with Gasteiger partial charge in [-0.25, -0.2) is 17.6 Å². The second-order valence-corrected chi connectivity index (χ2v) is 10.4. The van der Waals surface area contributed by atoms with Crippen LogP contribution in [0.15, 0.2) is 36.4 Å². The van der Waals surface area contributed by atoms with E-state index in [4.69, 9.17) is 0 Å². The van der Waals surface area contributed by atoms with Crippen LogP contribution in [0, 0.1) is 41.0 Å². The quantitative estimate of drug-likeness (QED) is 0.631. The fourth-order valence-corrected chi connectivity index (χ4v) is 5.85. The first-order chi connectivity index (χ1) is 16.4. The summed E-state index contributed by atoms with van der Waals surface area (Å²) in [4.78, 5) is 17.6. The molecule has 0 spiro atoms. The van der Waals surface area contributed by atoms with Crippen LogP contribution in [-0.2, 0) is 10.4 Å². The van der Waals surface area contributed by atoms with Gasteiger partial charge < -0.3 is 10.0 Å². The lowest BCUT2D eigenvalue weighted by Gasteiger charge is -2.48. The van der Waals surface area contributed by atoms with Crippen molar-refractivity contribution in [2.24, 2.45) is 17.8 Å². The minimum Gasteiger partial charge on any atom is -0.384 e. The lowest BCUT2D eigenvalue weighted by molar-refractivity contribution is -0.152. The fourth-order valence-electron chi connectivity index (χ4n) is 5.85. The molecule has 4 nitrogen and oxygen atoms in total. The van der Waals surface area contributed by atoms with Gasteiger partial charge in [0.05, 0.1) is 11.5 Å². The van der Waals surface area contributed by atoms with Crippen LogP contribution in [0.1, 0.15) is 44.7 Å². The van der Waals surface area contributed by atoms with Crippen molar-refractivity contribution in [1.82, 2.24) is 9.80 Å². The number of piperidine rings is 1. The van der Waals surface area contributed by atoms with Gasteiger partial charge in [-0.3, -0.25) is 9.69 Å². The van der Waals surface area contributed by atoms with E-state index in [9.17, 15) is 27.5 Å². The molecule has 1 unspecified atom stereocenters. The molecule has 0 aromatic heterocycles. The Morgan fingerprint density at radius 2 is 1.57 bits per heavy atom. The monoisotopic (exact) mass is 492 g/mol. The Hall–Kier alpha value is -2.45. The average Bonchev–Trinajstić information content (AvgIpc) is 3.24. The van der Waals surface area contributed by atoms with Gasteiger partial charge in [0.25, 0.3) is 0 Å². The van der Waals surface area contributed by atoms with Crippen LogP contribution in [-0.4, -0.2) is 53.0 Å². The minimum atomic E-state index is -1.44. The van der Waals surface area contributed by atoms with Crippen LogP contribution in [0.25, 0.3) is 0 Å². The van der Waals surface area contributed by atoms with E-state index in [0.29, 0.717) is 18.7 Å². The number of hydrogen-bond donors (Lipinski definition) is 1. The molecule has 1 amide bonds. The third-order valence-corrected chi connectivity index (χ3v) is 7.94. The maximum Gasteiger partial charge on any atom is 0.227 e. The Morgan fingerprint density at radius 3 is 2.14 bits per heavy atom. The largest absolute Gasteiger partial charge is 0.384 e. The highest BCUT2D eigenvalue weighted by Crippen LogP contribution is 2.43. The van der Waals surface area contributed by atoms with E-state index in [1.54, 1.807) is 18.7 Å². The molecular weight excluding hydrogens is 460 g/mol. The van der Waals surface area contributed by atoms with Crippen LogP contribution in [0.5, 0.6) is 0 Å². The Morgan fingerprint density at radius 1 is 0.914 bits per heavy atom. The van der Waals surface area contributed by atoms with Gasteiger partial charge in [0.15, 0.2) is 11.6 Å². The average molecular weight is 493 g/mol. The van der Waals surface area contributed by atoms with Gasteiger partial charge in [-0.1, -0.05) is 26.0 Å². The number of carbonyl (C=O) groups excluding carboxylic acids is 1. The first kappa shape index (κ1) is 25.6. The molecule has 2 aromatic carbocycles. The number of hydrogen-bond acceptors (Lipinski definition) is 3. The van der Waals surface area contributed by atoms with Crippen molar-refractivity contribution in [2.75, 3.05) is 26.2 Å². The summed E-state index contributed by atoms with van der Waals surface area (Å²) in [5.41, 5.74) is -0.834. The Labute approximate surface area is 203 Å². The predicted molar refractivity (Wildman–Crippen MR) is 124 cm³/mol. The van der Waals surface area contributed by atoms with E-state index in [1.165, 1.54) is 18.2 Å². The molecule has 190 valence electrons. The highest BCUT2D eigenvalue weighted by molar-refractivity contribution is 5.81. The Bertz CT molecular complexity index is 1100. The first-order valence-corrected chi connectivity index (χ1v) is 12.1. The summed E-state index contributed by atoms with van der Waals surface area (Å²) in [5, 5.41) is 11.5. The van der Waals surface area contributed by atoms with Gasteiger partial charge in [0.2, 0.25) is 5.91 Å². The molecule has 8 heteroatoms. The van der Waals surface area contributed by atoms with Gasteiger partial charge in [-0.15, -0.1) is 0 Å². The van der Waals surface area contributed by atoms with E-state index in [-0.39, 0.29) is 30.6 Å². The number of rotatable bonds is 4. The van der Waals surface area contributed by atoms with Crippen molar-refractivity contribution < 1.29 is 27.5 Å². The summed E-state index contributed by atoms with van der Waals surface area (Å²) in [5.74, 6) is -5.35. The SMILES string of the molecule is CC(C)N1C[C@@H](C(=O)N2C[C@@H](C)C(O)(c3ccc(F)c(F)c3)[C@@H](C)C2)[C@H](c2ccc(F)cc2F)C1. The van der Waals surface area contributed by atoms with E-state index < -0.39 is 52.5 Å². The lowest BCUT2D eigenvalue weighted by Crippen LogP contribution is -2.57. The molecule has 0 aliphatic carbocycles. The van der Waals surface area contributed by atoms with Crippen LogP contribution in [0.2, 0.25) is 0 Å². The molecule has 0 radical (unpaired) electrons. The molecule has 2 saturated heterocycles. The standard InChI is InChI=1S/C27H32F4N2O2/c1-15(2)32-13-21(20-7-6-19(28)10-24(20)30)22(14-32)26(34)33-11-16(3)27(35,17(4)12-33)18-5-8-23(29)25(31)9-18/h5-10,15-17,21-22,35H,11-14H2,1-4H3/t16-,17+,21-,22+,27?/m0/s1. The summed E-state index contributed by atoms with van der Waals surface area (Å²) in [6.07, 6.45) is 0. The molecule has 2 fully saturated rings. The van der Waals surface area contributed by atoms with Crippen molar-refractivity contribution in [3.63, 3.8) is 0 Å². The number of likely N-dealkylation sites (tertiary alicyclic amines) is 2. The van der Waals surface area contributed by atoms with Gasteiger partial charge in [0, 0.05) is 56.0 Å². The van der Waals surface area contributed by atoms with Gasteiger partial charge in [0.1, 0.15) is 11.6 Å². The van der Waals surface area contributed by atoms with Crippen molar-refractivity contribution in [1.29, 1.82) is 0 Å². The molecule has 2 aliphatic rings. The number of halogens is 4. The van der Waals surface area contributed by atoms with Crippen molar-refractivity contribution >= 4 is 5.91 Å². The molecule has 0 saturated carbocycles. The summed E-state index contributed by atoms with van der Waals surface area (Å²) in [6.45, 7) is 8.95. The molecule has 4 rings (SSSR count). The van der Waals surface area contributed by atoms with Crippen LogP contribution >= 0.6 is 0 Å². The topological polar surface area (TPSA) is 43.8 Å². The number of benzene rings is 2. The zero-order valence-corrected chi connectivity index (χ0v) is 20.4. The Kier molecular flexibility index (Phi) is 6.99. The summed E-state index contributed by atoms with van der Waals surface area (Å²) in [6, 6.07) is 7.03. The van der Waals surface area contributed by atoms with Crippen molar-refractivity contribution in [3.05, 3.63) is 70.8 Å². The molecule has 2 heterocycles. The molecule has 1 N–H and O–H groups in total. The molecule has 0 bridgehead atoms. The highest BCUT2D eigenvalue weighted by Gasteiger charge is 2.49. The van der Waals surface area contributed by atoms with Crippen LogP contribution < -0.4 is 0 Å². The number of nitrogens with zero attached hydrogens (tertiary/aromatic N) is 2. The van der Waals surface area contributed by atoms with Gasteiger partial charge in [-0.05, 0) is 43.2 Å². The number of carbonyl (C=O) groups is 1. The summed E-state index contributed by atoms with van der Waals surface area (Å²) >= 11 is 0. The summed E-state index contributed by atoms with van der Waals surface area (Å²) in [7, 11) is 0. The van der Waals surface area contributed by atoms with Crippen LogP contribution in [0.3, 0.4) is 0 Å². The third-order valence-electron chi connectivity index (χ3n) is 7.94. The molecule has 35 heavy (non-hydrogen) atoms. The van der Waals surface area contributed by atoms with E-state index in [0.717, 1.165) is 18.2 Å². The van der Waals surface area contributed by atoms with Crippen molar-refractivity contribution in [3.8, 4) is 0 Å². The van der Waals surface area contributed by atoms with E-state index in [1.807, 2.05) is 13.8 Å². The second-order valence-electron chi connectivity index (χ2n) is 10.4. The predicted octanol–water partition coefficient (Wildman–Crippen LogP) is 4.67. The van der Waals surface area contributed by atoms with Gasteiger partial charge in [-0.2, -0.15) is 0 Å².